The molecule has 0 aromatic heterocycles. The number of hydrogen-bond donors (Lipinski definition) is 2. The molecule has 0 radical (unpaired) electrons. The van der Waals surface area contributed by atoms with Gasteiger partial charge in [-0.25, -0.2) is 0 Å². The van der Waals surface area contributed by atoms with Crippen LogP contribution in [0.3, 0.4) is 0 Å². The molecule has 1 aromatic carbocycles. The van der Waals surface area contributed by atoms with E-state index in [1.54, 1.807) is 0 Å². The van der Waals surface area contributed by atoms with E-state index in [1.165, 1.54) is 43.2 Å². The molecule has 0 spiro atoms. The van der Waals surface area contributed by atoms with Crippen LogP contribution >= 0.6 is 0 Å². The van der Waals surface area contributed by atoms with Crippen LogP contribution in [0.5, 0.6) is 5.75 Å². The van der Waals surface area contributed by atoms with Gasteiger partial charge in [0.15, 0.2) is 0 Å². The third kappa shape index (κ3) is 4.24. The molecule has 106 valence electrons. The molecule has 1 aromatic rings. The van der Waals surface area contributed by atoms with Gasteiger partial charge in [0.1, 0.15) is 5.75 Å². The fourth-order valence-electron chi connectivity index (χ4n) is 2.95. The van der Waals surface area contributed by atoms with Gasteiger partial charge in [-0.2, -0.15) is 0 Å². The molecule has 1 atom stereocenters. The van der Waals surface area contributed by atoms with E-state index in [9.17, 15) is 5.11 Å². The molecule has 19 heavy (non-hydrogen) atoms. The van der Waals surface area contributed by atoms with Crippen LogP contribution in [0.4, 0.5) is 0 Å². The molecule has 1 aliphatic carbocycles. The summed E-state index contributed by atoms with van der Waals surface area (Å²) in [4.78, 5) is 0. The highest BCUT2D eigenvalue weighted by molar-refractivity contribution is 5.38. The van der Waals surface area contributed by atoms with Crippen LogP contribution in [0.2, 0.25) is 0 Å². The zero-order valence-corrected chi connectivity index (χ0v) is 12.3. The first kappa shape index (κ1) is 14.4. The number of aryl methyl sites for hydroxylation is 1. The summed E-state index contributed by atoms with van der Waals surface area (Å²) >= 11 is 0. The molecule has 0 heterocycles. The van der Waals surface area contributed by atoms with E-state index in [2.05, 4.69) is 25.2 Å². The molecule has 2 nitrogen and oxygen atoms in total. The number of fused-ring (bicyclic) bond motifs is 1. The Labute approximate surface area is 117 Å². The first-order valence-corrected chi connectivity index (χ1v) is 7.72. The number of hydrogen-bond acceptors (Lipinski definition) is 2. The van der Waals surface area contributed by atoms with Gasteiger partial charge in [-0.1, -0.05) is 32.8 Å². The average molecular weight is 261 g/mol. The normalized spacial score (nSPS) is 18.6. The molecular formula is C17H27NO. The zero-order valence-electron chi connectivity index (χ0n) is 12.3. The van der Waals surface area contributed by atoms with Gasteiger partial charge in [-0.3, -0.25) is 0 Å². The Morgan fingerprint density at radius 3 is 2.95 bits per heavy atom. The van der Waals surface area contributed by atoms with Crippen LogP contribution in [0, 0.1) is 5.92 Å². The van der Waals surface area contributed by atoms with Crippen molar-refractivity contribution in [1.82, 2.24) is 5.32 Å². The van der Waals surface area contributed by atoms with Crippen LogP contribution in [-0.4, -0.2) is 11.7 Å². The zero-order chi connectivity index (χ0) is 13.7. The maximum absolute atomic E-state index is 9.65. The minimum absolute atomic E-state index is 0.396. The SMILES string of the molecule is CC(C)CCCCNC1CCCc2ccc(O)cc21. The van der Waals surface area contributed by atoms with Crippen molar-refractivity contribution in [1.29, 1.82) is 0 Å². The van der Waals surface area contributed by atoms with Gasteiger partial charge in [0, 0.05) is 6.04 Å². The second-order valence-electron chi connectivity index (χ2n) is 6.17. The van der Waals surface area contributed by atoms with E-state index in [0.717, 1.165) is 18.9 Å². The summed E-state index contributed by atoms with van der Waals surface area (Å²) in [5.74, 6) is 1.21. The smallest absolute Gasteiger partial charge is 0.115 e. The number of phenolic OH excluding ortho intramolecular Hbond substituents is 1. The van der Waals surface area contributed by atoms with Crippen molar-refractivity contribution < 1.29 is 5.11 Å². The summed E-state index contributed by atoms with van der Waals surface area (Å²) in [6.45, 7) is 5.66. The Morgan fingerprint density at radius 2 is 2.16 bits per heavy atom. The average Bonchev–Trinajstić information content (AvgIpc) is 2.38. The van der Waals surface area contributed by atoms with Gasteiger partial charge in [0.2, 0.25) is 0 Å². The molecule has 1 unspecified atom stereocenters. The number of phenols is 1. The van der Waals surface area contributed by atoms with E-state index < -0.39 is 0 Å². The monoisotopic (exact) mass is 261 g/mol. The maximum Gasteiger partial charge on any atom is 0.115 e. The highest BCUT2D eigenvalue weighted by atomic mass is 16.3. The van der Waals surface area contributed by atoms with Crippen LogP contribution < -0.4 is 5.32 Å². The lowest BCUT2D eigenvalue weighted by Gasteiger charge is -2.26. The molecule has 2 heteroatoms. The topological polar surface area (TPSA) is 32.3 Å². The predicted octanol–water partition coefficient (Wildman–Crippen LogP) is 4.19. The highest BCUT2D eigenvalue weighted by Crippen LogP contribution is 2.32. The third-order valence-electron chi connectivity index (χ3n) is 4.04. The van der Waals surface area contributed by atoms with E-state index in [1.807, 2.05) is 12.1 Å². The minimum atomic E-state index is 0.396. The second kappa shape index (κ2) is 6.95. The Balaban J connectivity index is 1.84. The van der Waals surface area contributed by atoms with Gasteiger partial charge in [-0.05, 0) is 61.4 Å². The van der Waals surface area contributed by atoms with Crippen molar-refractivity contribution in [2.24, 2.45) is 5.92 Å². The van der Waals surface area contributed by atoms with Crippen LogP contribution in [-0.2, 0) is 6.42 Å². The quantitative estimate of drug-likeness (QED) is 0.753. The third-order valence-corrected chi connectivity index (χ3v) is 4.04. The highest BCUT2D eigenvalue weighted by Gasteiger charge is 2.19. The first-order chi connectivity index (χ1) is 9.16. The van der Waals surface area contributed by atoms with Crippen molar-refractivity contribution in [2.75, 3.05) is 6.54 Å². The van der Waals surface area contributed by atoms with Crippen molar-refractivity contribution in [3.05, 3.63) is 29.3 Å². The molecule has 0 saturated heterocycles. The molecule has 0 saturated carbocycles. The van der Waals surface area contributed by atoms with Crippen LogP contribution in [0.1, 0.15) is 63.1 Å². The van der Waals surface area contributed by atoms with Gasteiger partial charge < -0.3 is 10.4 Å². The van der Waals surface area contributed by atoms with E-state index in [0.29, 0.717) is 11.8 Å². The maximum atomic E-state index is 9.65. The molecule has 0 bridgehead atoms. The Morgan fingerprint density at radius 1 is 1.32 bits per heavy atom. The van der Waals surface area contributed by atoms with E-state index >= 15 is 0 Å². The number of unbranched alkanes of at least 4 members (excludes halogenated alkanes) is 1. The predicted molar refractivity (Wildman–Crippen MR) is 80.5 cm³/mol. The Hall–Kier alpha value is -1.02. The fourth-order valence-corrected chi connectivity index (χ4v) is 2.95. The molecular weight excluding hydrogens is 234 g/mol. The van der Waals surface area contributed by atoms with Gasteiger partial charge in [0.25, 0.3) is 0 Å². The fraction of sp³-hybridized carbons (Fsp3) is 0.647. The number of aromatic hydroxyl groups is 1. The minimum Gasteiger partial charge on any atom is -0.508 e. The van der Waals surface area contributed by atoms with Crippen molar-refractivity contribution >= 4 is 0 Å². The molecule has 0 fully saturated rings. The number of rotatable bonds is 6. The Bertz CT molecular complexity index is 400. The van der Waals surface area contributed by atoms with Crippen LogP contribution in [0.15, 0.2) is 18.2 Å². The first-order valence-electron chi connectivity index (χ1n) is 7.72. The molecule has 2 rings (SSSR count). The molecule has 1 aliphatic rings. The van der Waals surface area contributed by atoms with E-state index in [4.69, 9.17) is 0 Å². The molecule has 0 aliphatic heterocycles. The molecule has 2 N–H and O–H groups in total. The van der Waals surface area contributed by atoms with Gasteiger partial charge in [0.05, 0.1) is 0 Å². The lowest BCUT2D eigenvalue weighted by molar-refractivity contribution is 0.434. The lowest BCUT2D eigenvalue weighted by Crippen LogP contribution is -2.26. The summed E-state index contributed by atoms with van der Waals surface area (Å²) in [5.41, 5.74) is 2.72. The van der Waals surface area contributed by atoms with Gasteiger partial charge in [-0.15, -0.1) is 0 Å². The summed E-state index contributed by atoms with van der Waals surface area (Å²) in [5, 5.41) is 13.3. The van der Waals surface area contributed by atoms with Crippen molar-refractivity contribution in [3.63, 3.8) is 0 Å². The Kier molecular flexibility index (Phi) is 5.26. The number of benzene rings is 1. The van der Waals surface area contributed by atoms with Gasteiger partial charge >= 0.3 is 0 Å². The standard InChI is InChI=1S/C17H27NO/c1-13(2)6-3-4-11-18-17-8-5-7-14-9-10-15(19)12-16(14)17/h9-10,12-13,17-19H,3-8,11H2,1-2H3. The summed E-state index contributed by atoms with van der Waals surface area (Å²) in [6, 6.07) is 6.27. The summed E-state index contributed by atoms with van der Waals surface area (Å²) < 4.78 is 0. The largest absolute Gasteiger partial charge is 0.508 e. The second-order valence-corrected chi connectivity index (χ2v) is 6.17. The van der Waals surface area contributed by atoms with Crippen LogP contribution in [0.25, 0.3) is 0 Å². The molecule has 0 amide bonds. The van der Waals surface area contributed by atoms with E-state index in [-0.39, 0.29) is 0 Å². The lowest BCUT2D eigenvalue weighted by atomic mass is 9.87. The summed E-state index contributed by atoms with van der Waals surface area (Å²) in [6.07, 6.45) is 7.49. The van der Waals surface area contributed by atoms with Crippen molar-refractivity contribution in [2.45, 2.75) is 58.4 Å². The summed E-state index contributed by atoms with van der Waals surface area (Å²) in [7, 11) is 0. The number of nitrogens with one attached hydrogen (secondary N) is 1. The van der Waals surface area contributed by atoms with Crippen molar-refractivity contribution in [3.8, 4) is 5.75 Å².